The van der Waals surface area contributed by atoms with E-state index in [0.29, 0.717) is 32.6 Å². The Hall–Kier alpha value is -4.60. The van der Waals surface area contributed by atoms with Crippen molar-refractivity contribution < 1.29 is 23.5 Å². The van der Waals surface area contributed by atoms with Crippen molar-refractivity contribution in [1.29, 1.82) is 0 Å². The van der Waals surface area contributed by atoms with Crippen LogP contribution in [0.15, 0.2) is 106 Å². The van der Waals surface area contributed by atoms with E-state index in [0.717, 1.165) is 22.2 Å². The third-order valence-corrected chi connectivity index (χ3v) is 7.48. The van der Waals surface area contributed by atoms with Crippen LogP contribution in [0.3, 0.4) is 0 Å². The molecule has 10 heteroatoms. The molecule has 4 aromatic carbocycles. The summed E-state index contributed by atoms with van der Waals surface area (Å²) in [5.41, 5.74) is 2.63. The van der Waals surface area contributed by atoms with E-state index in [9.17, 15) is 18.8 Å². The van der Waals surface area contributed by atoms with Crippen LogP contribution in [0.25, 0.3) is 0 Å². The van der Waals surface area contributed by atoms with Gasteiger partial charge in [0.05, 0.1) is 18.5 Å². The van der Waals surface area contributed by atoms with Gasteiger partial charge in [0.25, 0.3) is 17.7 Å². The molecule has 0 saturated heterocycles. The number of nitrogens with one attached hydrogen (secondary N) is 2. The number of benzene rings is 4. The largest absolute Gasteiger partial charge is 0.495 e. The zero-order chi connectivity index (χ0) is 29.1. The monoisotopic (exact) mass is 587 g/mol. The van der Waals surface area contributed by atoms with E-state index in [1.54, 1.807) is 60.7 Å². The number of thioether (sulfide) groups is 1. The van der Waals surface area contributed by atoms with Gasteiger partial charge in [-0.2, -0.15) is 0 Å². The van der Waals surface area contributed by atoms with E-state index in [1.165, 1.54) is 31.4 Å². The molecule has 0 aromatic heterocycles. The molecular formula is C31H23ClFN3O4S. The Kier molecular flexibility index (Phi) is 8.09. The molecule has 2 N–H and O–H groups in total. The maximum Gasteiger partial charge on any atom is 0.283 e. The third-order valence-electron chi connectivity index (χ3n) is 6.16. The van der Waals surface area contributed by atoms with Gasteiger partial charge >= 0.3 is 0 Å². The van der Waals surface area contributed by atoms with Crippen molar-refractivity contribution in [1.82, 2.24) is 0 Å². The van der Waals surface area contributed by atoms with Crippen molar-refractivity contribution in [3.8, 4) is 5.75 Å². The number of methoxy groups -OCH3 is 1. The Morgan fingerprint density at radius 3 is 2.37 bits per heavy atom. The van der Waals surface area contributed by atoms with Crippen LogP contribution in [0.5, 0.6) is 5.75 Å². The number of aryl methyl sites for hydroxylation is 1. The number of carbonyl (C=O) groups is 3. The summed E-state index contributed by atoms with van der Waals surface area (Å²) in [4.78, 5) is 41.8. The second-order valence-electron chi connectivity index (χ2n) is 9.05. The van der Waals surface area contributed by atoms with Gasteiger partial charge in [-0.3, -0.25) is 14.4 Å². The molecule has 1 aliphatic heterocycles. The van der Waals surface area contributed by atoms with Crippen molar-refractivity contribution in [3.05, 3.63) is 124 Å². The number of hydrogen-bond acceptors (Lipinski definition) is 6. The zero-order valence-corrected chi connectivity index (χ0v) is 23.5. The molecule has 0 saturated carbocycles. The average Bonchev–Trinajstić information content (AvgIpc) is 3.18. The van der Waals surface area contributed by atoms with Crippen molar-refractivity contribution in [3.63, 3.8) is 0 Å². The lowest BCUT2D eigenvalue weighted by atomic mass is 10.2. The smallest absolute Gasteiger partial charge is 0.283 e. The number of anilines is 3. The molecule has 3 amide bonds. The Labute approximate surface area is 245 Å². The molecule has 4 aromatic rings. The molecule has 0 unspecified atom stereocenters. The molecule has 7 nitrogen and oxygen atoms in total. The van der Waals surface area contributed by atoms with Gasteiger partial charge < -0.3 is 15.4 Å². The van der Waals surface area contributed by atoms with Crippen LogP contribution < -0.4 is 20.3 Å². The van der Waals surface area contributed by atoms with E-state index in [-0.39, 0.29) is 22.2 Å². The average molecular weight is 588 g/mol. The highest BCUT2D eigenvalue weighted by molar-refractivity contribution is 8.04. The highest BCUT2D eigenvalue weighted by Crippen LogP contribution is 2.39. The highest BCUT2D eigenvalue weighted by Gasteiger charge is 2.40. The number of imide groups is 1. The SMILES string of the molecule is COc1ccc(C)cc1NC1=C(Sc2cccc(NC(=O)c3ccc(Cl)cc3)c2)C(=O)N(c2ccc(F)cc2)C1=O. The van der Waals surface area contributed by atoms with Crippen LogP contribution in [-0.4, -0.2) is 24.8 Å². The van der Waals surface area contributed by atoms with Crippen LogP contribution in [0.1, 0.15) is 15.9 Å². The lowest BCUT2D eigenvalue weighted by molar-refractivity contribution is -0.120. The number of hydrogen-bond donors (Lipinski definition) is 2. The molecule has 0 aliphatic carbocycles. The molecule has 41 heavy (non-hydrogen) atoms. The number of amides is 3. The van der Waals surface area contributed by atoms with Crippen molar-refractivity contribution in [2.75, 3.05) is 22.6 Å². The lowest BCUT2D eigenvalue weighted by Crippen LogP contribution is -2.32. The predicted molar refractivity (Wildman–Crippen MR) is 159 cm³/mol. The first-order chi connectivity index (χ1) is 19.7. The molecule has 0 fully saturated rings. The fraction of sp³-hybridized carbons (Fsp3) is 0.0645. The second kappa shape index (κ2) is 11.9. The Morgan fingerprint density at radius 1 is 0.927 bits per heavy atom. The summed E-state index contributed by atoms with van der Waals surface area (Å²) in [6.07, 6.45) is 0. The van der Waals surface area contributed by atoms with Crippen LogP contribution in [-0.2, 0) is 9.59 Å². The van der Waals surface area contributed by atoms with Gasteiger partial charge in [-0.25, -0.2) is 9.29 Å². The van der Waals surface area contributed by atoms with E-state index in [2.05, 4.69) is 10.6 Å². The second-order valence-corrected chi connectivity index (χ2v) is 10.6. The van der Waals surface area contributed by atoms with Gasteiger partial charge in [-0.1, -0.05) is 35.5 Å². The maximum absolute atomic E-state index is 13.7. The maximum atomic E-state index is 13.7. The molecule has 206 valence electrons. The summed E-state index contributed by atoms with van der Waals surface area (Å²) >= 11 is 6.99. The first-order valence-corrected chi connectivity index (χ1v) is 13.6. The van der Waals surface area contributed by atoms with Gasteiger partial charge in [-0.05, 0) is 91.3 Å². The summed E-state index contributed by atoms with van der Waals surface area (Å²) in [5.74, 6) is -1.50. The molecule has 0 atom stereocenters. The van der Waals surface area contributed by atoms with Gasteiger partial charge in [-0.15, -0.1) is 0 Å². The fourth-order valence-electron chi connectivity index (χ4n) is 4.15. The summed E-state index contributed by atoms with van der Waals surface area (Å²) in [6, 6.07) is 23.9. The number of ether oxygens (including phenoxy) is 1. The van der Waals surface area contributed by atoms with E-state index >= 15 is 0 Å². The van der Waals surface area contributed by atoms with Gasteiger partial charge in [0, 0.05) is 21.2 Å². The van der Waals surface area contributed by atoms with Crippen molar-refractivity contribution in [2.45, 2.75) is 11.8 Å². The summed E-state index contributed by atoms with van der Waals surface area (Å²) in [5, 5.41) is 6.46. The molecule has 0 bridgehead atoms. The molecule has 1 aliphatic rings. The summed E-state index contributed by atoms with van der Waals surface area (Å²) < 4.78 is 19.1. The minimum atomic E-state index is -0.597. The topological polar surface area (TPSA) is 87.7 Å². The molecule has 0 spiro atoms. The van der Waals surface area contributed by atoms with Crippen molar-refractivity contribution in [2.24, 2.45) is 0 Å². The van der Waals surface area contributed by atoms with Crippen LogP contribution in [0.2, 0.25) is 5.02 Å². The van der Waals surface area contributed by atoms with E-state index in [1.807, 2.05) is 13.0 Å². The van der Waals surface area contributed by atoms with E-state index in [4.69, 9.17) is 16.3 Å². The quantitative estimate of drug-likeness (QED) is 0.215. The van der Waals surface area contributed by atoms with Gasteiger partial charge in [0.15, 0.2) is 0 Å². The Morgan fingerprint density at radius 2 is 1.66 bits per heavy atom. The zero-order valence-electron chi connectivity index (χ0n) is 21.9. The lowest BCUT2D eigenvalue weighted by Gasteiger charge is -2.16. The summed E-state index contributed by atoms with van der Waals surface area (Å²) in [7, 11) is 1.51. The molecule has 0 radical (unpaired) electrons. The first kappa shape index (κ1) is 27.9. The number of halogens is 2. The van der Waals surface area contributed by atoms with Gasteiger partial charge in [0.2, 0.25) is 0 Å². The predicted octanol–water partition coefficient (Wildman–Crippen LogP) is 7.04. The third kappa shape index (κ3) is 6.11. The molecular weight excluding hydrogens is 565 g/mol. The Balaban J connectivity index is 1.48. The van der Waals surface area contributed by atoms with Crippen LogP contribution in [0, 0.1) is 12.7 Å². The fourth-order valence-corrected chi connectivity index (χ4v) is 5.27. The minimum absolute atomic E-state index is 0.0452. The van der Waals surface area contributed by atoms with Crippen LogP contribution in [0.4, 0.5) is 21.5 Å². The standard InChI is InChI=1S/C31H23ClFN3O4S/c1-18-6-15-26(40-2)25(16-18)35-27-28(31(39)36(30(27)38)23-13-11-21(33)12-14-23)41-24-5-3-4-22(17-24)34-29(37)19-7-9-20(32)10-8-19/h3-17,35H,1-2H3,(H,34,37). The Bertz CT molecular complexity index is 1690. The van der Waals surface area contributed by atoms with Crippen molar-refractivity contribution >= 4 is 58.1 Å². The normalized spacial score (nSPS) is 13.0. The summed E-state index contributed by atoms with van der Waals surface area (Å²) in [6.45, 7) is 1.89. The number of nitrogens with zero attached hydrogens (tertiary/aromatic N) is 1. The number of carbonyl (C=O) groups excluding carboxylic acids is 3. The van der Waals surface area contributed by atoms with Gasteiger partial charge in [0.1, 0.15) is 22.2 Å². The van der Waals surface area contributed by atoms with E-state index < -0.39 is 17.6 Å². The highest BCUT2D eigenvalue weighted by atomic mass is 35.5. The molecule has 5 rings (SSSR count). The minimum Gasteiger partial charge on any atom is -0.495 e. The molecule has 1 heterocycles. The number of rotatable bonds is 8. The first-order valence-electron chi connectivity index (χ1n) is 12.4. The van der Waals surface area contributed by atoms with Crippen LogP contribution >= 0.6 is 23.4 Å².